The summed E-state index contributed by atoms with van der Waals surface area (Å²) in [5.41, 5.74) is 5.66. The zero-order valence-corrected chi connectivity index (χ0v) is 20.6. The van der Waals surface area contributed by atoms with Crippen molar-refractivity contribution in [3.05, 3.63) is 73.9 Å². The molecule has 0 amide bonds. The molecule has 0 aliphatic heterocycles. The minimum atomic E-state index is 0.153. The van der Waals surface area contributed by atoms with Crippen molar-refractivity contribution in [1.82, 2.24) is 45.4 Å². The number of aromatic amines is 3. The Hall–Kier alpha value is -6.38. The molecule has 0 aliphatic rings. The van der Waals surface area contributed by atoms with Gasteiger partial charge in [0.1, 0.15) is 29.6 Å². The number of pyridine rings is 1. The first-order chi connectivity index (χ1) is 20.3. The Bertz CT molecular complexity index is 2080. The largest absolute Gasteiger partial charge is 0.442 e. The lowest BCUT2D eigenvalue weighted by Gasteiger charge is -2.04. The van der Waals surface area contributed by atoms with Gasteiger partial charge in [-0.1, -0.05) is 6.07 Å². The Morgan fingerprint density at radius 2 is 1.54 bits per heavy atom. The third-order valence-electron chi connectivity index (χ3n) is 6.22. The standard InChI is InChI=1S/C26H14N10O5/c1-2-6-27-15(3-1)20-13(4-7-28-20)14-5-8-29-21(14)25-30-9-19(40-25)24-31-16(10-37-24)17-11-38-26(32-17)22-23(41-36-34-22)18-12-39-35-33-18/h1-12,28-29H/p+1. The quantitative estimate of drug-likeness (QED) is 0.282. The Morgan fingerprint density at radius 3 is 2.34 bits per heavy atom. The van der Waals surface area contributed by atoms with Crippen LogP contribution in [0.25, 0.3) is 80.2 Å². The molecule has 0 saturated heterocycles. The van der Waals surface area contributed by atoms with Crippen LogP contribution in [0, 0.1) is 0 Å². The molecule has 3 N–H and O–H groups in total. The smallest absolute Gasteiger partial charge is 0.265 e. The van der Waals surface area contributed by atoms with Crippen molar-refractivity contribution in [2.24, 2.45) is 0 Å². The van der Waals surface area contributed by atoms with Gasteiger partial charge in [-0.2, -0.15) is 0 Å². The summed E-state index contributed by atoms with van der Waals surface area (Å²) in [5, 5.41) is 13.8. The van der Waals surface area contributed by atoms with E-state index in [1.165, 1.54) is 18.8 Å². The monoisotopic (exact) mass is 547 g/mol. The van der Waals surface area contributed by atoms with Crippen molar-refractivity contribution >= 4 is 0 Å². The normalized spacial score (nSPS) is 11.4. The predicted octanol–water partition coefficient (Wildman–Crippen LogP) is 4.56. The van der Waals surface area contributed by atoms with Crippen molar-refractivity contribution in [2.45, 2.75) is 0 Å². The van der Waals surface area contributed by atoms with Crippen LogP contribution in [0.4, 0.5) is 0 Å². The zero-order valence-electron chi connectivity index (χ0n) is 20.6. The summed E-state index contributed by atoms with van der Waals surface area (Å²) in [6.45, 7) is 0. The third-order valence-corrected chi connectivity index (χ3v) is 6.22. The summed E-state index contributed by atoms with van der Waals surface area (Å²) in [6, 6.07) is 9.70. The molecule has 15 heteroatoms. The molecule has 0 saturated carbocycles. The van der Waals surface area contributed by atoms with Gasteiger partial charge in [0, 0.05) is 35.0 Å². The van der Waals surface area contributed by atoms with E-state index in [-0.39, 0.29) is 23.2 Å². The molecule has 8 aromatic rings. The Balaban J connectivity index is 1.07. The number of oxazole rings is 3. The summed E-state index contributed by atoms with van der Waals surface area (Å²) in [5.74, 6) is 1.30. The van der Waals surface area contributed by atoms with Gasteiger partial charge >= 0.3 is 0 Å². The number of hydrogen-bond donors (Lipinski definition) is 2. The van der Waals surface area contributed by atoms with Gasteiger partial charge in [0.15, 0.2) is 5.69 Å². The molecule has 198 valence electrons. The lowest BCUT2D eigenvalue weighted by molar-refractivity contribution is -0.661. The van der Waals surface area contributed by atoms with E-state index in [9.17, 15) is 0 Å². The van der Waals surface area contributed by atoms with Gasteiger partial charge in [-0.25, -0.2) is 19.5 Å². The molecule has 0 spiro atoms. The van der Waals surface area contributed by atoms with Crippen molar-refractivity contribution in [3.8, 4) is 80.2 Å². The van der Waals surface area contributed by atoms with Crippen LogP contribution < -0.4 is 5.27 Å². The van der Waals surface area contributed by atoms with Gasteiger partial charge in [0.05, 0.1) is 28.0 Å². The molecule has 0 bridgehead atoms. The van der Waals surface area contributed by atoms with Crippen molar-refractivity contribution in [2.75, 3.05) is 0 Å². The lowest BCUT2D eigenvalue weighted by Crippen LogP contribution is -1.98. The summed E-state index contributed by atoms with van der Waals surface area (Å²) >= 11 is 0. The number of nitrogens with one attached hydrogen (secondary N) is 3. The zero-order chi connectivity index (χ0) is 27.2. The highest BCUT2D eigenvalue weighted by Crippen LogP contribution is 2.37. The number of aromatic nitrogens is 10. The topological polar surface area (TPSA) is 202 Å². The summed E-state index contributed by atoms with van der Waals surface area (Å²) < 4.78 is 27.4. The molecule has 0 fully saturated rings. The van der Waals surface area contributed by atoms with Crippen LogP contribution in [-0.2, 0) is 0 Å². The van der Waals surface area contributed by atoms with Gasteiger partial charge in [0.2, 0.25) is 29.4 Å². The Labute approximate surface area is 227 Å². The summed E-state index contributed by atoms with van der Waals surface area (Å²) in [6.07, 6.45) is 11.2. The fourth-order valence-corrected chi connectivity index (χ4v) is 4.37. The van der Waals surface area contributed by atoms with Gasteiger partial charge < -0.3 is 27.7 Å². The first-order valence-corrected chi connectivity index (χ1v) is 12.1. The van der Waals surface area contributed by atoms with Crippen molar-refractivity contribution < 1.29 is 27.6 Å². The molecular formula is C26H15N10O5+. The summed E-state index contributed by atoms with van der Waals surface area (Å²) in [4.78, 5) is 24.4. The van der Waals surface area contributed by atoms with Crippen molar-refractivity contribution in [1.29, 1.82) is 0 Å². The average molecular weight is 547 g/mol. The highest BCUT2D eigenvalue weighted by molar-refractivity contribution is 5.86. The van der Waals surface area contributed by atoms with E-state index >= 15 is 0 Å². The molecule has 15 nitrogen and oxygen atoms in total. The number of rotatable bonds is 7. The summed E-state index contributed by atoms with van der Waals surface area (Å²) in [7, 11) is 0. The van der Waals surface area contributed by atoms with E-state index < -0.39 is 0 Å². The van der Waals surface area contributed by atoms with Gasteiger partial charge in [-0.3, -0.25) is 4.98 Å². The van der Waals surface area contributed by atoms with Gasteiger partial charge in [0.25, 0.3) is 11.8 Å². The molecular weight excluding hydrogens is 532 g/mol. The number of nitrogens with zero attached hydrogens (tertiary/aromatic N) is 7. The maximum atomic E-state index is 6.05. The Kier molecular flexibility index (Phi) is 5.03. The van der Waals surface area contributed by atoms with Crippen LogP contribution in [0.3, 0.4) is 0 Å². The second-order valence-electron chi connectivity index (χ2n) is 8.63. The van der Waals surface area contributed by atoms with E-state index in [4.69, 9.17) is 22.3 Å². The predicted molar refractivity (Wildman–Crippen MR) is 136 cm³/mol. The molecule has 8 aromatic heterocycles. The first kappa shape index (κ1) is 22.6. The third kappa shape index (κ3) is 3.84. The highest BCUT2D eigenvalue weighted by atomic mass is 16.5. The Morgan fingerprint density at radius 1 is 0.732 bits per heavy atom. The molecule has 41 heavy (non-hydrogen) atoms. The molecule has 0 aromatic carbocycles. The number of H-pyrrole nitrogens is 3. The van der Waals surface area contributed by atoms with Crippen LogP contribution in [0.15, 0.2) is 96.2 Å². The molecule has 0 radical (unpaired) electrons. The van der Waals surface area contributed by atoms with Crippen LogP contribution in [0.2, 0.25) is 0 Å². The van der Waals surface area contributed by atoms with Crippen LogP contribution in [0.1, 0.15) is 0 Å². The maximum absolute atomic E-state index is 6.05. The van der Waals surface area contributed by atoms with Crippen LogP contribution >= 0.6 is 0 Å². The van der Waals surface area contributed by atoms with Crippen molar-refractivity contribution in [3.63, 3.8) is 0 Å². The first-order valence-electron chi connectivity index (χ1n) is 12.1. The van der Waals surface area contributed by atoms with Gasteiger partial charge in [-0.15, -0.1) is 5.10 Å². The van der Waals surface area contributed by atoms with E-state index in [0.29, 0.717) is 34.4 Å². The average Bonchev–Trinajstić information content (AvgIpc) is 3.86. The van der Waals surface area contributed by atoms with E-state index in [2.05, 4.69) is 50.6 Å². The van der Waals surface area contributed by atoms with Crippen LogP contribution in [-0.4, -0.2) is 45.4 Å². The molecule has 8 rings (SSSR count). The lowest BCUT2D eigenvalue weighted by atomic mass is 10.0. The second kappa shape index (κ2) is 9.12. The molecule has 0 unspecified atom stereocenters. The highest BCUT2D eigenvalue weighted by Gasteiger charge is 2.25. The SMILES string of the molecule is c1ccc(-c2[nH]ccc2-c2cc[nH]c2-c2ncc(-c3nc(-c4coc(-c5nnoc5-c5co[nH+]n5)n4)co3)o2)nc1. The minimum Gasteiger partial charge on any atom is -0.442 e. The van der Waals surface area contributed by atoms with E-state index in [1.54, 1.807) is 12.4 Å². The fourth-order valence-electron chi connectivity index (χ4n) is 4.37. The number of hydrogen-bond acceptors (Lipinski definition) is 12. The van der Waals surface area contributed by atoms with Gasteiger partial charge in [-0.05, 0) is 24.3 Å². The maximum Gasteiger partial charge on any atom is 0.265 e. The molecule has 8 heterocycles. The minimum absolute atomic E-state index is 0.153. The molecule has 0 aliphatic carbocycles. The second-order valence-corrected chi connectivity index (χ2v) is 8.63. The fraction of sp³-hybridized carbons (Fsp3) is 0. The van der Waals surface area contributed by atoms with E-state index in [0.717, 1.165) is 22.5 Å². The van der Waals surface area contributed by atoms with E-state index in [1.807, 2.05) is 42.7 Å². The molecule has 0 atom stereocenters. The van der Waals surface area contributed by atoms with Crippen LogP contribution in [0.5, 0.6) is 0 Å².